The minimum Gasteiger partial charge on any atom is -0.314 e. The number of aromatic nitrogens is 2. The van der Waals surface area contributed by atoms with Crippen LogP contribution in [0.25, 0.3) is 0 Å². The molecule has 0 aliphatic heterocycles. The van der Waals surface area contributed by atoms with E-state index in [2.05, 4.69) is 83.6 Å². The van der Waals surface area contributed by atoms with Gasteiger partial charge in [-0.1, -0.05) is 41.1 Å². The lowest BCUT2D eigenvalue weighted by Crippen LogP contribution is -2.33. The molecular formula is C17H24BrN3. The van der Waals surface area contributed by atoms with Crippen LogP contribution < -0.4 is 5.32 Å². The largest absolute Gasteiger partial charge is 0.314 e. The van der Waals surface area contributed by atoms with Crippen LogP contribution in [0.5, 0.6) is 0 Å². The highest BCUT2D eigenvalue weighted by atomic mass is 79.9. The lowest BCUT2D eigenvalue weighted by atomic mass is 10.0. The summed E-state index contributed by atoms with van der Waals surface area (Å²) in [6, 6.07) is 11.4. The van der Waals surface area contributed by atoms with E-state index in [1.54, 1.807) is 0 Å². The highest BCUT2D eigenvalue weighted by Gasteiger charge is 2.13. The Balaban J connectivity index is 2.06. The molecule has 1 aromatic carbocycles. The van der Waals surface area contributed by atoms with Crippen LogP contribution in [0.2, 0.25) is 0 Å². The monoisotopic (exact) mass is 349 g/mol. The van der Waals surface area contributed by atoms with E-state index in [0.29, 0.717) is 12.1 Å². The van der Waals surface area contributed by atoms with Crippen molar-refractivity contribution in [1.82, 2.24) is 15.1 Å². The van der Waals surface area contributed by atoms with E-state index in [0.717, 1.165) is 25.1 Å². The maximum absolute atomic E-state index is 4.66. The normalized spacial score (nSPS) is 12.8. The third-order valence-corrected chi connectivity index (χ3v) is 4.34. The van der Waals surface area contributed by atoms with Crippen molar-refractivity contribution in [3.63, 3.8) is 0 Å². The molecule has 3 nitrogen and oxygen atoms in total. The van der Waals surface area contributed by atoms with Crippen LogP contribution in [-0.2, 0) is 12.8 Å². The summed E-state index contributed by atoms with van der Waals surface area (Å²) in [5.74, 6) is 0. The number of likely N-dealkylation sites (N-methyl/N-ethyl adjacent to an activating group) is 1. The number of hydrogen-bond acceptors (Lipinski definition) is 2. The fourth-order valence-electron chi connectivity index (χ4n) is 2.46. The molecule has 0 spiro atoms. The first-order chi connectivity index (χ1) is 10.1. The Kier molecular flexibility index (Phi) is 6.00. The van der Waals surface area contributed by atoms with Gasteiger partial charge in [0.25, 0.3) is 0 Å². The molecule has 0 fully saturated rings. The molecule has 4 heteroatoms. The predicted molar refractivity (Wildman–Crippen MR) is 91.6 cm³/mol. The predicted octanol–water partition coefficient (Wildman–Crippen LogP) is 3.99. The van der Waals surface area contributed by atoms with E-state index in [1.807, 2.05) is 4.68 Å². The quantitative estimate of drug-likeness (QED) is 0.818. The molecule has 0 amide bonds. The van der Waals surface area contributed by atoms with Crippen LogP contribution in [0.4, 0.5) is 0 Å². The molecule has 21 heavy (non-hydrogen) atoms. The molecule has 2 aromatic rings. The lowest BCUT2D eigenvalue weighted by molar-refractivity contribution is 0.494. The van der Waals surface area contributed by atoms with Crippen LogP contribution in [0.1, 0.15) is 38.1 Å². The van der Waals surface area contributed by atoms with Gasteiger partial charge in [0.2, 0.25) is 0 Å². The molecule has 1 atom stereocenters. The Morgan fingerprint density at radius 1 is 1.19 bits per heavy atom. The standard InChI is InChI=1S/C17H24BrN3/c1-4-19-16(11-14-7-5-6-8-17(14)18)12-15-9-10-21(20-15)13(2)3/h5-10,13,16,19H,4,11-12H2,1-3H3. The van der Waals surface area contributed by atoms with Gasteiger partial charge in [-0.25, -0.2) is 0 Å². The Morgan fingerprint density at radius 3 is 2.57 bits per heavy atom. The van der Waals surface area contributed by atoms with Crippen LogP contribution in [0, 0.1) is 0 Å². The van der Waals surface area contributed by atoms with Crippen LogP contribution in [-0.4, -0.2) is 22.4 Å². The maximum Gasteiger partial charge on any atom is 0.0640 e. The molecular weight excluding hydrogens is 326 g/mol. The molecule has 0 bridgehead atoms. The third kappa shape index (κ3) is 4.68. The number of halogens is 1. The molecule has 0 saturated heterocycles. The van der Waals surface area contributed by atoms with Crippen molar-refractivity contribution < 1.29 is 0 Å². The van der Waals surface area contributed by atoms with Gasteiger partial charge in [-0.2, -0.15) is 5.10 Å². The molecule has 1 unspecified atom stereocenters. The maximum atomic E-state index is 4.66. The zero-order chi connectivity index (χ0) is 15.2. The number of rotatable bonds is 7. The topological polar surface area (TPSA) is 29.9 Å². The summed E-state index contributed by atoms with van der Waals surface area (Å²) >= 11 is 3.64. The highest BCUT2D eigenvalue weighted by molar-refractivity contribution is 9.10. The van der Waals surface area contributed by atoms with Gasteiger partial charge < -0.3 is 5.32 Å². The Labute approximate surface area is 135 Å². The smallest absolute Gasteiger partial charge is 0.0640 e. The van der Waals surface area contributed by atoms with Crippen molar-refractivity contribution in [2.24, 2.45) is 0 Å². The van der Waals surface area contributed by atoms with Crippen molar-refractivity contribution in [2.75, 3.05) is 6.54 Å². The van der Waals surface area contributed by atoms with Gasteiger partial charge in [-0.3, -0.25) is 4.68 Å². The van der Waals surface area contributed by atoms with Crippen molar-refractivity contribution in [1.29, 1.82) is 0 Å². The Hall–Kier alpha value is -1.13. The number of benzene rings is 1. The summed E-state index contributed by atoms with van der Waals surface area (Å²) in [5.41, 5.74) is 2.49. The summed E-state index contributed by atoms with van der Waals surface area (Å²) in [6.45, 7) is 7.43. The summed E-state index contributed by atoms with van der Waals surface area (Å²) < 4.78 is 3.21. The summed E-state index contributed by atoms with van der Waals surface area (Å²) in [5, 5.41) is 8.24. The molecule has 1 aromatic heterocycles. The number of nitrogens with zero attached hydrogens (tertiary/aromatic N) is 2. The highest BCUT2D eigenvalue weighted by Crippen LogP contribution is 2.18. The Bertz CT molecular complexity index is 563. The molecule has 0 radical (unpaired) electrons. The van der Waals surface area contributed by atoms with Gasteiger partial charge in [0.05, 0.1) is 5.69 Å². The van der Waals surface area contributed by atoms with E-state index in [-0.39, 0.29) is 0 Å². The molecule has 0 saturated carbocycles. The average molecular weight is 350 g/mol. The van der Waals surface area contributed by atoms with Crippen molar-refractivity contribution in [3.8, 4) is 0 Å². The van der Waals surface area contributed by atoms with Crippen molar-refractivity contribution >= 4 is 15.9 Å². The molecule has 114 valence electrons. The molecule has 1 heterocycles. The first-order valence-electron chi connectivity index (χ1n) is 7.61. The second-order valence-electron chi connectivity index (χ2n) is 5.64. The van der Waals surface area contributed by atoms with E-state index >= 15 is 0 Å². The van der Waals surface area contributed by atoms with E-state index in [9.17, 15) is 0 Å². The van der Waals surface area contributed by atoms with Crippen LogP contribution in [0.15, 0.2) is 41.0 Å². The van der Waals surface area contributed by atoms with Gasteiger partial charge in [0, 0.05) is 29.2 Å². The fourth-order valence-corrected chi connectivity index (χ4v) is 2.91. The molecule has 1 N–H and O–H groups in total. The van der Waals surface area contributed by atoms with E-state index < -0.39 is 0 Å². The number of hydrogen-bond donors (Lipinski definition) is 1. The van der Waals surface area contributed by atoms with Gasteiger partial charge >= 0.3 is 0 Å². The van der Waals surface area contributed by atoms with E-state index in [4.69, 9.17) is 0 Å². The molecule has 2 rings (SSSR count). The minimum absolute atomic E-state index is 0.407. The SMILES string of the molecule is CCNC(Cc1ccn(C(C)C)n1)Cc1ccccc1Br. The first-order valence-corrected chi connectivity index (χ1v) is 8.40. The fraction of sp³-hybridized carbons (Fsp3) is 0.471. The van der Waals surface area contributed by atoms with E-state index in [1.165, 1.54) is 10.0 Å². The van der Waals surface area contributed by atoms with Crippen LogP contribution in [0.3, 0.4) is 0 Å². The Morgan fingerprint density at radius 2 is 1.95 bits per heavy atom. The molecule has 0 aliphatic carbocycles. The average Bonchev–Trinajstić information content (AvgIpc) is 2.90. The second-order valence-corrected chi connectivity index (χ2v) is 6.49. The second kappa shape index (κ2) is 7.76. The van der Waals surface area contributed by atoms with Gasteiger partial charge in [-0.15, -0.1) is 0 Å². The summed E-state index contributed by atoms with van der Waals surface area (Å²) in [4.78, 5) is 0. The summed E-state index contributed by atoms with van der Waals surface area (Å²) in [6.07, 6.45) is 4.03. The van der Waals surface area contributed by atoms with Crippen molar-refractivity contribution in [3.05, 3.63) is 52.3 Å². The zero-order valence-electron chi connectivity index (χ0n) is 13.0. The molecule has 0 aliphatic rings. The van der Waals surface area contributed by atoms with Gasteiger partial charge in [-0.05, 0) is 44.5 Å². The van der Waals surface area contributed by atoms with Crippen LogP contribution >= 0.6 is 15.9 Å². The first kappa shape index (κ1) is 16.2. The number of nitrogens with one attached hydrogen (secondary N) is 1. The third-order valence-electron chi connectivity index (χ3n) is 3.57. The van der Waals surface area contributed by atoms with Gasteiger partial charge in [0.15, 0.2) is 0 Å². The van der Waals surface area contributed by atoms with Gasteiger partial charge in [0.1, 0.15) is 0 Å². The van der Waals surface area contributed by atoms with Crippen molar-refractivity contribution in [2.45, 2.75) is 45.7 Å². The lowest BCUT2D eigenvalue weighted by Gasteiger charge is -2.18. The summed E-state index contributed by atoms with van der Waals surface area (Å²) in [7, 11) is 0. The zero-order valence-corrected chi connectivity index (χ0v) is 14.6. The minimum atomic E-state index is 0.407.